The van der Waals surface area contributed by atoms with Gasteiger partial charge in [0.25, 0.3) is 0 Å². The standard InChI is InChI=1S/C17H22N2/c1-2-7-15(8-3-1)9-6-12-18-16-11-14-19-13-5-4-10-17(16)19/h1-3,7-8,16-18H,4-5,10-14H2. The van der Waals surface area contributed by atoms with E-state index in [0.717, 1.165) is 18.2 Å². The SMILES string of the molecule is C(#Cc1ccccc1)CNC1CCN2CCCCC12. The molecule has 0 aliphatic carbocycles. The van der Waals surface area contributed by atoms with E-state index in [1.807, 2.05) is 18.2 Å². The molecule has 0 aromatic heterocycles. The van der Waals surface area contributed by atoms with E-state index >= 15 is 0 Å². The lowest BCUT2D eigenvalue weighted by Gasteiger charge is -2.32. The summed E-state index contributed by atoms with van der Waals surface area (Å²) in [7, 11) is 0. The van der Waals surface area contributed by atoms with Crippen LogP contribution in [0.5, 0.6) is 0 Å². The highest BCUT2D eigenvalue weighted by Crippen LogP contribution is 2.26. The van der Waals surface area contributed by atoms with Crippen LogP contribution in [0, 0.1) is 11.8 Å². The molecule has 2 nitrogen and oxygen atoms in total. The molecule has 2 heterocycles. The molecule has 2 unspecified atom stereocenters. The summed E-state index contributed by atoms with van der Waals surface area (Å²) < 4.78 is 0. The molecule has 0 radical (unpaired) electrons. The zero-order valence-corrected chi connectivity index (χ0v) is 11.4. The molecule has 1 aromatic carbocycles. The third kappa shape index (κ3) is 3.18. The van der Waals surface area contributed by atoms with E-state index in [-0.39, 0.29) is 0 Å². The maximum Gasteiger partial charge on any atom is 0.0582 e. The fourth-order valence-electron chi connectivity index (χ4n) is 3.34. The molecule has 3 rings (SSSR count). The van der Waals surface area contributed by atoms with Gasteiger partial charge in [-0.1, -0.05) is 36.5 Å². The van der Waals surface area contributed by atoms with Gasteiger partial charge in [-0.25, -0.2) is 0 Å². The molecule has 0 bridgehead atoms. The van der Waals surface area contributed by atoms with Gasteiger partial charge in [0.1, 0.15) is 0 Å². The molecule has 2 aliphatic heterocycles. The highest BCUT2D eigenvalue weighted by molar-refractivity contribution is 5.33. The average molecular weight is 254 g/mol. The minimum absolute atomic E-state index is 0.658. The first-order chi connectivity index (χ1) is 9.43. The summed E-state index contributed by atoms with van der Waals surface area (Å²) in [5.74, 6) is 6.46. The molecule has 1 aromatic rings. The monoisotopic (exact) mass is 254 g/mol. The lowest BCUT2D eigenvalue weighted by Crippen LogP contribution is -2.44. The Kier molecular flexibility index (Phi) is 4.17. The molecule has 100 valence electrons. The number of nitrogens with one attached hydrogen (secondary N) is 1. The van der Waals surface area contributed by atoms with E-state index in [2.05, 4.69) is 34.2 Å². The second kappa shape index (κ2) is 6.23. The van der Waals surface area contributed by atoms with Gasteiger partial charge in [-0.3, -0.25) is 4.90 Å². The summed E-state index contributed by atoms with van der Waals surface area (Å²) in [6.45, 7) is 3.39. The third-order valence-electron chi connectivity index (χ3n) is 4.32. The number of benzene rings is 1. The Labute approximate surface area is 116 Å². The number of nitrogens with zero attached hydrogens (tertiary/aromatic N) is 1. The Morgan fingerprint density at radius 1 is 1.11 bits per heavy atom. The topological polar surface area (TPSA) is 15.3 Å². The normalized spacial score (nSPS) is 26.5. The van der Waals surface area contributed by atoms with E-state index < -0.39 is 0 Å². The first-order valence-corrected chi connectivity index (χ1v) is 7.45. The van der Waals surface area contributed by atoms with Crippen LogP contribution >= 0.6 is 0 Å². The molecular weight excluding hydrogens is 232 g/mol. The molecule has 1 N–H and O–H groups in total. The van der Waals surface area contributed by atoms with Gasteiger partial charge in [0.2, 0.25) is 0 Å². The van der Waals surface area contributed by atoms with Crippen molar-refractivity contribution in [1.82, 2.24) is 10.2 Å². The quantitative estimate of drug-likeness (QED) is 0.814. The summed E-state index contributed by atoms with van der Waals surface area (Å²) in [5, 5.41) is 3.64. The molecule has 0 spiro atoms. The van der Waals surface area contributed by atoms with Crippen LogP contribution in [0.3, 0.4) is 0 Å². The Bertz CT molecular complexity index is 457. The van der Waals surface area contributed by atoms with Crippen molar-refractivity contribution in [3.8, 4) is 11.8 Å². The maximum absolute atomic E-state index is 3.64. The number of hydrogen-bond donors (Lipinski definition) is 1. The minimum Gasteiger partial charge on any atom is -0.302 e. The zero-order valence-electron chi connectivity index (χ0n) is 11.4. The van der Waals surface area contributed by atoms with E-state index in [9.17, 15) is 0 Å². The van der Waals surface area contributed by atoms with Crippen molar-refractivity contribution < 1.29 is 0 Å². The second-order valence-corrected chi connectivity index (χ2v) is 5.54. The van der Waals surface area contributed by atoms with E-state index in [0.29, 0.717) is 6.04 Å². The van der Waals surface area contributed by atoms with Crippen LogP contribution in [-0.2, 0) is 0 Å². The van der Waals surface area contributed by atoms with Crippen LogP contribution in [0.15, 0.2) is 30.3 Å². The predicted molar refractivity (Wildman–Crippen MR) is 78.9 cm³/mol. The lowest BCUT2D eigenvalue weighted by molar-refractivity contribution is 0.182. The molecule has 0 amide bonds. The van der Waals surface area contributed by atoms with Crippen molar-refractivity contribution in [3.05, 3.63) is 35.9 Å². The molecule has 2 fully saturated rings. The van der Waals surface area contributed by atoms with Crippen molar-refractivity contribution >= 4 is 0 Å². The van der Waals surface area contributed by atoms with Crippen LogP contribution in [0.4, 0.5) is 0 Å². The van der Waals surface area contributed by atoms with E-state index in [4.69, 9.17) is 0 Å². The largest absolute Gasteiger partial charge is 0.302 e. The van der Waals surface area contributed by atoms with Gasteiger partial charge in [-0.15, -0.1) is 0 Å². The van der Waals surface area contributed by atoms with Crippen LogP contribution in [0.1, 0.15) is 31.2 Å². The fraction of sp³-hybridized carbons (Fsp3) is 0.529. The second-order valence-electron chi connectivity index (χ2n) is 5.54. The first kappa shape index (κ1) is 12.7. The first-order valence-electron chi connectivity index (χ1n) is 7.45. The predicted octanol–water partition coefficient (Wildman–Crippen LogP) is 2.25. The number of fused-ring (bicyclic) bond motifs is 1. The van der Waals surface area contributed by atoms with Gasteiger partial charge in [0, 0.05) is 24.2 Å². The van der Waals surface area contributed by atoms with Crippen molar-refractivity contribution in [1.29, 1.82) is 0 Å². The minimum atomic E-state index is 0.658. The highest BCUT2D eigenvalue weighted by atomic mass is 15.2. The van der Waals surface area contributed by atoms with E-state index in [1.54, 1.807) is 0 Å². The van der Waals surface area contributed by atoms with Crippen LogP contribution < -0.4 is 5.32 Å². The number of rotatable bonds is 2. The Balaban J connectivity index is 1.49. The molecule has 19 heavy (non-hydrogen) atoms. The number of hydrogen-bond acceptors (Lipinski definition) is 2. The van der Waals surface area contributed by atoms with E-state index in [1.165, 1.54) is 38.8 Å². The van der Waals surface area contributed by atoms with Gasteiger partial charge in [-0.2, -0.15) is 0 Å². The molecular formula is C17H22N2. The third-order valence-corrected chi connectivity index (χ3v) is 4.32. The van der Waals surface area contributed by atoms with Gasteiger partial charge in [0.15, 0.2) is 0 Å². The Morgan fingerprint density at radius 3 is 2.89 bits per heavy atom. The molecule has 2 atom stereocenters. The van der Waals surface area contributed by atoms with Gasteiger partial charge < -0.3 is 5.32 Å². The van der Waals surface area contributed by atoms with Gasteiger partial charge >= 0.3 is 0 Å². The van der Waals surface area contributed by atoms with Crippen molar-refractivity contribution in [2.45, 2.75) is 37.8 Å². The fourth-order valence-corrected chi connectivity index (χ4v) is 3.34. The average Bonchev–Trinajstić information content (AvgIpc) is 2.88. The Morgan fingerprint density at radius 2 is 2.00 bits per heavy atom. The molecule has 2 saturated heterocycles. The smallest absolute Gasteiger partial charge is 0.0582 e. The summed E-state index contributed by atoms with van der Waals surface area (Å²) in [5.41, 5.74) is 1.11. The highest BCUT2D eigenvalue weighted by Gasteiger charge is 2.34. The van der Waals surface area contributed by atoms with Crippen LogP contribution in [0.25, 0.3) is 0 Å². The van der Waals surface area contributed by atoms with Crippen LogP contribution in [-0.4, -0.2) is 36.6 Å². The van der Waals surface area contributed by atoms with Gasteiger partial charge in [0.05, 0.1) is 6.54 Å². The summed E-state index contributed by atoms with van der Waals surface area (Å²) in [6.07, 6.45) is 5.44. The summed E-state index contributed by atoms with van der Waals surface area (Å²) in [6, 6.07) is 11.6. The van der Waals surface area contributed by atoms with Crippen molar-refractivity contribution in [2.24, 2.45) is 0 Å². The summed E-state index contributed by atoms with van der Waals surface area (Å²) >= 11 is 0. The molecule has 2 aliphatic rings. The van der Waals surface area contributed by atoms with Crippen molar-refractivity contribution in [2.75, 3.05) is 19.6 Å². The lowest BCUT2D eigenvalue weighted by atomic mass is 9.99. The van der Waals surface area contributed by atoms with Crippen molar-refractivity contribution in [3.63, 3.8) is 0 Å². The molecule has 0 saturated carbocycles. The Hall–Kier alpha value is -1.30. The maximum atomic E-state index is 3.64. The van der Waals surface area contributed by atoms with Crippen LogP contribution in [0.2, 0.25) is 0 Å². The molecule has 2 heteroatoms. The zero-order chi connectivity index (χ0) is 12.9. The van der Waals surface area contributed by atoms with Gasteiger partial charge in [-0.05, 0) is 37.9 Å². The number of piperidine rings is 1. The summed E-state index contributed by atoms with van der Waals surface area (Å²) in [4.78, 5) is 2.66.